The van der Waals surface area contributed by atoms with E-state index in [1.165, 1.54) is 25.7 Å². The molecule has 0 aromatic heterocycles. The van der Waals surface area contributed by atoms with E-state index in [1.54, 1.807) is 0 Å². The summed E-state index contributed by atoms with van der Waals surface area (Å²) < 4.78 is 0. The Hall–Kier alpha value is -0.530. The van der Waals surface area contributed by atoms with E-state index >= 15 is 0 Å². The Bertz CT molecular complexity index is 232. The van der Waals surface area contributed by atoms with Crippen molar-refractivity contribution in [2.24, 2.45) is 34.4 Å². The Labute approximate surface area is 87.0 Å². The van der Waals surface area contributed by atoms with Gasteiger partial charge in [0.05, 0.1) is 5.84 Å². The summed E-state index contributed by atoms with van der Waals surface area (Å²) in [5.41, 5.74) is 6.06. The predicted molar refractivity (Wildman–Crippen MR) is 60.3 cm³/mol. The molecule has 0 aromatic carbocycles. The van der Waals surface area contributed by atoms with Gasteiger partial charge in [-0.05, 0) is 37.0 Å². The maximum atomic E-state index is 6.06. The lowest BCUT2D eigenvalue weighted by molar-refractivity contribution is 0.411. The monoisotopic (exact) mass is 194 g/mol. The molecule has 2 rings (SSSR count). The topological polar surface area (TPSA) is 38.4 Å². The van der Waals surface area contributed by atoms with Crippen LogP contribution in [0.5, 0.6) is 0 Å². The Morgan fingerprint density at radius 1 is 1.36 bits per heavy atom. The van der Waals surface area contributed by atoms with Crippen LogP contribution in [0.25, 0.3) is 0 Å². The average Bonchev–Trinajstić information content (AvgIpc) is 2.74. The second-order valence-electron chi connectivity index (χ2n) is 5.44. The highest BCUT2D eigenvalue weighted by atomic mass is 14.9. The van der Waals surface area contributed by atoms with Crippen LogP contribution in [-0.2, 0) is 0 Å². The molecule has 0 aliphatic heterocycles. The highest BCUT2D eigenvalue weighted by Crippen LogP contribution is 2.48. The standard InChI is InChI=1S/C12H22N2/c1-8(2)7-14-12(13)11-6-9-3-4-10(11)5-9/h8-11H,3-7H2,1-2H3,(H2,13,14). The van der Waals surface area contributed by atoms with Crippen LogP contribution in [0.3, 0.4) is 0 Å². The quantitative estimate of drug-likeness (QED) is 0.544. The summed E-state index contributed by atoms with van der Waals surface area (Å²) in [5.74, 6) is 4.05. The largest absolute Gasteiger partial charge is 0.387 e. The molecule has 0 amide bonds. The van der Waals surface area contributed by atoms with Gasteiger partial charge in [-0.15, -0.1) is 0 Å². The fraction of sp³-hybridized carbons (Fsp3) is 0.917. The summed E-state index contributed by atoms with van der Waals surface area (Å²) in [6, 6.07) is 0. The molecule has 3 unspecified atom stereocenters. The van der Waals surface area contributed by atoms with E-state index in [0.29, 0.717) is 11.8 Å². The molecule has 0 aromatic rings. The van der Waals surface area contributed by atoms with Crippen LogP contribution in [0.15, 0.2) is 4.99 Å². The number of amidine groups is 1. The fourth-order valence-corrected chi connectivity index (χ4v) is 3.01. The van der Waals surface area contributed by atoms with Gasteiger partial charge in [-0.25, -0.2) is 0 Å². The lowest BCUT2D eigenvalue weighted by Crippen LogP contribution is -2.28. The molecule has 2 saturated carbocycles. The van der Waals surface area contributed by atoms with E-state index < -0.39 is 0 Å². The van der Waals surface area contributed by atoms with Gasteiger partial charge in [-0.2, -0.15) is 0 Å². The van der Waals surface area contributed by atoms with Crippen molar-refractivity contribution >= 4 is 5.84 Å². The molecule has 0 radical (unpaired) electrons. The summed E-state index contributed by atoms with van der Waals surface area (Å²) in [6.45, 7) is 5.29. The number of aliphatic imine (C=N–C) groups is 1. The zero-order valence-electron chi connectivity index (χ0n) is 9.37. The molecular weight excluding hydrogens is 172 g/mol. The van der Waals surface area contributed by atoms with E-state index in [9.17, 15) is 0 Å². The normalized spacial score (nSPS) is 37.1. The first-order chi connectivity index (χ1) is 6.66. The fourth-order valence-electron chi connectivity index (χ4n) is 3.01. The van der Waals surface area contributed by atoms with Crippen LogP contribution >= 0.6 is 0 Å². The van der Waals surface area contributed by atoms with Crippen molar-refractivity contribution < 1.29 is 0 Å². The van der Waals surface area contributed by atoms with Gasteiger partial charge in [0.2, 0.25) is 0 Å². The van der Waals surface area contributed by atoms with Crippen LogP contribution in [0, 0.1) is 23.7 Å². The molecule has 80 valence electrons. The summed E-state index contributed by atoms with van der Waals surface area (Å²) in [5, 5.41) is 0. The molecule has 0 saturated heterocycles. The maximum Gasteiger partial charge on any atom is 0.0971 e. The van der Waals surface area contributed by atoms with Crippen molar-refractivity contribution in [1.29, 1.82) is 0 Å². The molecule has 0 spiro atoms. The first-order valence-electron chi connectivity index (χ1n) is 5.96. The van der Waals surface area contributed by atoms with Gasteiger partial charge in [0.15, 0.2) is 0 Å². The second-order valence-corrected chi connectivity index (χ2v) is 5.44. The van der Waals surface area contributed by atoms with Crippen molar-refractivity contribution in [2.45, 2.75) is 39.5 Å². The summed E-state index contributed by atoms with van der Waals surface area (Å²) in [4.78, 5) is 4.52. The van der Waals surface area contributed by atoms with Crippen molar-refractivity contribution in [1.82, 2.24) is 0 Å². The van der Waals surface area contributed by atoms with E-state index in [4.69, 9.17) is 5.73 Å². The van der Waals surface area contributed by atoms with Gasteiger partial charge in [0.25, 0.3) is 0 Å². The van der Waals surface area contributed by atoms with E-state index in [1.807, 2.05) is 0 Å². The summed E-state index contributed by atoms with van der Waals surface area (Å²) in [6.07, 6.45) is 5.58. The molecule has 14 heavy (non-hydrogen) atoms. The summed E-state index contributed by atoms with van der Waals surface area (Å²) >= 11 is 0. The van der Waals surface area contributed by atoms with E-state index in [-0.39, 0.29) is 0 Å². The predicted octanol–water partition coefficient (Wildman–Crippen LogP) is 2.44. The lowest BCUT2D eigenvalue weighted by atomic mass is 9.88. The van der Waals surface area contributed by atoms with Crippen molar-refractivity contribution in [3.05, 3.63) is 0 Å². The molecule has 2 fully saturated rings. The SMILES string of the molecule is CC(C)CN=C(N)C1CC2CCC1C2. The van der Waals surface area contributed by atoms with Gasteiger partial charge >= 0.3 is 0 Å². The van der Waals surface area contributed by atoms with Gasteiger partial charge < -0.3 is 5.73 Å². The van der Waals surface area contributed by atoms with Gasteiger partial charge in [0, 0.05) is 12.5 Å². The smallest absolute Gasteiger partial charge is 0.0971 e. The average molecular weight is 194 g/mol. The van der Waals surface area contributed by atoms with Gasteiger partial charge in [-0.1, -0.05) is 20.3 Å². The van der Waals surface area contributed by atoms with E-state index in [0.717, 1.165) is 24.2 Å². The Kier molecular flexibility index (Phi) is 2.80. The minimum atomic E-state index is 0.632. The summed E-state index contributed by atoms with van der Waals surface area (Å²) in [7, 11) is 0. The minimum absolute atomic E-state index is 0.632. The minimum Gasteiger partial charge on any atom is -0.387 e. The first kappa shape index (κ1) is 10.0. The van der Waals surface area contributed by atoms with Crippen LogP contribution in [0.1, 0.15) is 39.5 Å². The molecule has 2 aliphatic carbocycles. The molecule has 2 bridgehead atoms. The van der Waals surface area contributed by atoms with Crippen molar-refractivity contribution in [3.8, 4) is 0 Å². The number of hydrogen-bond acceptors (Lipinski definition) is 1. The molecular formula is C12H22N2. The maximum absolute atomic E-state index is 6.06. The second kappa shape index (κ2) is 3.92. The Morgan fingerprint density at radius 2 is 2.14 bits per heavy atom. The molecule has 2 aliphatic rings. The number of nitrogens with zero attached hydrogens (tertiary/aromatic N) is 1. The number of rotatable bonds is 3. The van der Waals surface area contributed by atoms with Crippen LogP contribution in [-0.4, -0.2) is 12.4 Å². The van der Waals surface area contributed by atoms with Crippen molar-refractivity contribution in [2.75, 3.05) is 6.54 Å². The lowest BCUT2D eigenvalue weighted by Gasteiger charge is -2.21. The molecule has 2 N–H and O–H groups in total. The van der Waals surface area contributed by atoms with Crippen LogP contribution in [0.2, 0.25) is 0 Å². The molecule has 3 atom stereocenters. The highest BCUT2D eigenvalue weighted by molar-refractivity contribution is 5.83. The first-order valence-corrected chi connectivity index (χ1v) is 5.96. The number of nitrogens with two attached hydrogens (primary N) is 1. The van der Waals surface area contributed by atoms with Gasteiger partial charge in [-0.3, -0.25) is 4.99 Å². The zero-order valence-corrected chi connectivity index (χ0v) is 9.37. The van der Waals surface area contributed by atoms with E-state index in [2.05, 4.69) is 18.8 Å². The van der Waals surface area contributed by atoms with Crippen LogP contribution in [0.4, 0.5) is 0 Å². The Morgan fingerprint density at radius 3 is 2.64 bits per heavy atom. The zero-order chi connectivity index (χ0) is 10.1. The molecule has 2 heteroatoms. The molecule has 2 nitrogen and oxygen atoms in total. The van der Waals surface area contributed by atoms with Crippen molar-refractivity contribution in [3.63, 3.8) is 0 Å². The number of hydrogen-bond donors (Lipinski definition) is 1. The third-order valence-corrected chi connectivity index (χ3v) is 3.76. The third kappa shape index (κ3) is 1.94. The molecule has 0 heterocycles. The highest BCUT2D eigenvalue weighted by Gasteiger charge is 2.41. The number of fused-ring (bicyclic) bond motifs is 2. The van der Waals surface area contributed by atoms with Gasteiger partial charge in [0.1, 0.15) is 0 Å². The third-order valence-electron chi connectivity index (χ3n) is 3.76. The van der Waals surface area contributed by atoms with Crippen LogP contribution < -0.4 is 5.73 Å². The Balaban J connectivity index is 1.92.